The maximum absolute atomic E-state index is 16.4. The van der Waals surface area contributed by atoms with E-state index in [9.17, 15) is 0 Å². The van der Waals surface area contributed by atoms with Crippen molar-refractivity contribution in [2.24, 2.45) is 0 Å². The Kier molecular flexibility index (Phi) is 6.60. The Balaban J connectivity index is 1.06. The highest BCUT2D eigenvalue weighted by Crippen LogP contribution is 2.48. The summed E-state index contributed by atoms with van der Waals surface area (Å²) in [6.45, 7) is 4.60. The van der Waals surface area contributed by atoms with Crippen molar-refractivity contribution in [1.82, 2.24) is 4.57 Å². The van der Waals surface area contributed by atoms with Crippen molar-refractivity contribution < 1.29 is 4.57 Å². The highest BCUT2D eigenvalue weighted by Gasteiger charge is 2.50. The molecule has 0 fully saturated rings. The summed E-state index contributed by atoms with van der Waals surface area (Å²) >= 11 is 0. The van der Waals surface area contributed by atoms with Crippen molar-refractivity contribution in [1.29, 1.82) is 0 Å². The minimum Gasteiger partial charge on any atom is -0.309 e. The second kappa shape index (κ2) is 11.5. The Hall–Kier alpha value is -6.08. The zero-order valence-corrected chi connectivity index (χ0v) is 32.2. The molecule has 2 aliphatic heterocycles. The first-order valence-electron chi connectivity index (χ1n) is 19.7. The van der Waals surface area contributed by atoms with Gasteiger partial charge in [-0.1, -0.05) is 204 Å². The number of hydrogen-bond acceptors (Lipinski definition) is 1. The van der Waals surface area contributed by atoms with Gasteiger partial charge in [0.15, 0.2) is 7.14 Å². The van der Waals surface area contributed by atoms with Crippen molar-refractivity contribution in [2.45, 2.75) is 19.3 Å². The number of hydrogen-bond donors (Lipinski definition) is 0. The van der Waals surface area contributed by atoms with Crippen LogP contribution in [0.15, 0.2) is 182 Å². The molecular formula is C51H36B2NOP. The normalized spacial score (nSPS) is 17.0. The number of benzene rings is 8. The summed E-state index contributed by atoms with van der Waals surface area (Å²) in [4.78, 5) is 0. The fraction of sp³-hybridized carbons (Fsp3) is 0.0588. The Bertz CT molecular complexity index is 3120. The SMILES string of the molecule is CC1(C)c2ccccc2-c2ccc(B3c4ccccc4P4(=O)c5ccccc5B(c5ccc(-n6c7ccccc7c7ccccc76)cc5)c5cccc3c54)cc21. The zero-order chi connectivity index (χ0) is 37.3. The van der Waals surface area contributed by atoms with Crippen molar-refractivity contribution >= 4 is 91.1 Å². The Morgan fingerprint density at radius 3 is 1.62 bits per heavy atom. The zero-order valence-electron chi connectivity index (χ0n) is 31.3. The fourth-order valence-corrected chi connectivity index (χ4v) is 14.4. The van der Waals surface area contributed by atoms with Gasteiger partial charge in [-0.3, -0.25) is 0 Å². The maximum Gasteiger partial charge on any atom is 0.243 e. The van der Waals surface area contributed by atoms with Crippen molar-refractivity contribution in [3.8, 4) is 16.8 Å². The largest absolute Gasteiger partial charge is 0.309 e. The van der Waals surface area contributed by atoms with Crippen LogP contribution in [0.2, 0.25) is 0 Å². The lowest BCUT2D eigenvalue weighted by molar-refractivity contribution is 0.592. The van der Waals surface area contributed by atoms with Gasteiger partial charge in [0.05, 0.1) is 11.0 Å². The fourth-order valence-electron chi connectivity index (χ4n) is 10.8. The van der Waals surface area contributed by atoms with Crippen LogP contribution >= 0.6 is 7.14 Å². The molecule has 8 aromatic carbocycles. The molecule has 12 rings (SSSR count). The van der Waals surface area contributed by atoms with E-state index >= 15 is 4.57 Å². The van der Waals surface area contributed by atoms with Crippen molar-refractivity contribution in [2.75, 3.05) is 0 Å². The van der Waals surface area contributed by atoms with Crippen LogP contribution in [-0.2, 0) is 9.98 Å². The van der Waals surface area contributed by atoms with Crippen LogP contribution in [0.1, 0.15) is 25.0 Å². The molecule has 1 aliphatic carbocycles. The molecule has 3 heterocycles. The molecule has 0 saturated carbocycles. The monoisotopic (exact) mass is 731 g/mol. The summed E-state index contributed by atoms with van der Waals surface area (Å²) in [5, 5.41) is 5.48. The third kappa shape index (κ3) is 4.13. The quantitative estimate of drug-likeness (QED) is 0.153. The number of fused-ring (bicyclic) bond motifs is 10. The van der Waals surface area contributed by atoms with Crippen LogP contribution in [0, 0.1) is 0 Å². The van der Waals surface area contributed by atoms with Crippen molar-refractivity contribution in [3.63, 3.8) is 0 Å². The van der Waals surface area contributed by atoms with Crippen LogP contribution in [0.4, 0.5) is 0 Å². The number of aromatic nitrogens is 1. The predicted molar refractivity (Wildman–Crippen MR) is 240 cm³/mol. The maximum atomic E-state index is 16.4. The first-order chi connectivity index (χ1) is 27.4. The molecule has 3 aliphatic rings. The minimum absolute atomic E-state index is 0.0448. The third-order valence-corrected chi connectivity index (χ3v) is 16.5. The van der Waals surface area contributed by atoms with Gasteiger partial charge in [-0.2, -0.15) is 0 Å². The van der Waals surface area contributed by atoms with Gasteiger partial charge in [0.2, 0.25) is 13.4 Å². The van der Waals surface area contributed by atoms with Crippen LogP contribution in [0.5, 0.6) is 0 Å². The van der Waals surface area contributed by atoms with Crippen LogP contribution in [0.25, 0.3) is 38.6 Å². The van der Waals surface area contributed by atoms with Crippen LogP contribution in [-0.4, -0.2) is 18.0 Å². The second-order valence-electron chi connectivity index (χ2n) is 16.3. The van der Waals surface area contributed by atoms with Crippen molar-refractivity contribution in [3.05, 3.63) is 193 Å². The molecule has 9 aromatic rings. The predicted octanol–water partition coefficient (Wildman–Crippen LogP) is 6.39. The smallest absolute Gasteiger partial charge is 0.243 e. The number of para-hydroxylation sites is 2. The number of nitrogens with zero attached hydrogens (tertiary/aromatic N) is 1. The second-order valence-corrected chi connectivity index (χ2v) is 18.9. The lowest BCUT2D eigenvalue weighted by Crippen LogP contribution is -2.74. The first kappa shape index (κ1) is 32.2. The molecule has 0 N–H and O–H groups in total. The Morgan fingerprint density at radius 2 is 0.964 bits per heavy atom. The molecule has 262 valence electrons. The van der Waals surface area contributed by atoms with Crippen LogP contribution in [0.3, 0.4) is 0 Å². The molecule has 0 radical (unpaired) electrons. The van der Waals surface area contributed by atoms with Gasteiger partial charge in [-0.05, 0) is 46.5 Å². The van der Waals surface area contributed by atoms with E-state index in [4.69, 9.17) is 0 Å². The molecule has 1 aromatic heterocycles. The average molecular weight is 731 g/mol. The van der Waals surface area contributed by atoms with Gasteiger partial charge in [-0.15, -0.1) is 0 Å². The summed E-state index contributed by atoms with van der Waals surface area (Å²) in [7, 11) is -3.23. The highest BCUT2D eigenvalue weighted by atomic mass is 31.2. The lowest BCUT2D eigenvalue weighted by atomic mass is 9.33. The van der Waals surface area contributed by atoms with E-state index in [-0.39, 0.29) is 18.8 Å². The molecule has 0 bridgehead atoms. The summed E-state index contributed by atoms with van der Waals surface area (Å²) < 4.78 is 18.8. The van der Waals surface area contributed by atoms with E-state index in [1.807, 2.05) is 0 Å². The van der Waals surface area contributed by atoms with Gasteiger partial charge in [0, 0.05) is 37.8 Å². The molecule has 56 heavy (non-hydrogen) atoms. The molecular weight excluding hydrogens is 695 g/mol. The molecule has 0 saturated heterocycles. The lowest BCUT2D eigenvalue weighted by Gasteiger charge is -2.40. The summed E-state index contributed by atoms with van der Waals surface area (Å²) in [6.07, 6.45) is 0. The molecule has 2 nitrogen and oxygen atoms in total. The van der Waals surface area contributed by atoms with E-state index in [1.54, 1.807) is 0 Å². The van der Waals surface area contributed by atoms with E-state index in [0.717, 1.165) is 38.0 Å². The minimum atomic E-state index is -3.23. The molecule has 1 atom stereocenters. The topological polar surface area (TPSA) is 22.0 Å². The summed E-state index contributed by atoms with van der Waals surface area (Å²) in [6, 6.07) is 66.3. The first-order valence-corrected chi connectivity index (χ1v) is 21.4. The van der Waals surface area contributed by atoms with Gasteiger partial charge in [0.25, 0.3) is 0 Å². The van der Waals surface area contributed by atoms with Crippen LogP contribution < -0.4 is 48.7 Å². The molecule has 1 unspecified atom stereocenters. The molecule has 0 spiro atoms. The number of rotatable bonds is 3. The highest BCUT2D eigenvalue weighted by molar-refractivity contribution is 7.88. The van der Waals surface area contributed by atoms with E-state index in [1.165, 1.54) is 60.4 Å². The van der Waals surface area contributed by atoms with E-state index in [2.05, 4.69) is 200 Å². The Labute approximate surface area is 328 Å². The van der Waals surface area contributed by atoms with E-state index < -0.39 is 7.14 Å². The van der Waals surface area contributed by atoms with Gasteiger partial charge in [-0.25, -0.2) is 0 Å². The third-order valence-electron chi connectivity index (χ3n) is 13.2. The van der Waals surface area contributed by atoms with Gasteiger partial charge >= 0.3 is 0 Å². The van der Waals surface area contributed by atoms with Gasteiger partial charge in [0.1, 0.15) is 0 Å². The average Bonchev–Trinajstić information content (AvgIpc) is 3.70. The Morgan fingerprint density at radius 1 is 0.464 bits per heavy atom. The van der Waals surface area contributed by atoms with Gasteiger partial charge < -0.3 is 9.13 Å². The molecule has 5 heteroatoms. The standard InChI is InChI=1S/C51H36B2NOP/c1-51(2)40-17-6-3-14-36(40)37-31-28-34(32-41(37)51)53-43-19-8-12-25-49(43)56(55)48-24-11-7-18-42(48)52(44-20-13-21-45(53)50(44)56)33-26-29-35(30-27-33)54-46-22-9-4-15-38(46)39-16-5-10-23-47(39)54/h3-32H,1-2H3. The molecule has 0 amide bonds. The summed E-state index contributed by atoms with van der Waals surface area (Å²) in [5.74, 6) is 0. The summed E-state index contributed by atoms with van der Waals surface area (Å²) in [5.41, 5.74) is 15.9. The van der Waals surface area contributed by atoms with E-state index in [0.29, 0.717) is 0 Å².